The number of rotatable bonds is 6. The monoisotopic (exact) mass is 482 g/mol. The molecule has 0 saturated heterocycles. The van der Waals surface area contributed by atoms with Gasteiger partial charge in [-0.3, -0.25) is 14.7 Å². The second kappa shape index (κ2) is 9.61. The van der Waals surface area contributed by atoms with Crippen LogP contribution in [0.1, 0.15) is 25.0 Å². The molecule has 1 heterocycles. The minimum Gasteiger partial charge on any atom is -0.361 e. The molecule has 0 fully saturated rings. The summed E-state index contributed by atoms with van der Waals surface area (Å²) in [5.41, 5.74) is 0.734. The molecule has 0 spiro atoms. The highest BCUT2D eigenvalue weighted by Crippen LogP contribution is 2.35. The molecule has 0 N–H and O–H groups in total. The Labute approximate surface area is 201 Å². The van der Waals surface area contributed by atoms with Crippen LogP contribution in [0.25, 0.3) is 11.1 Å². The molecule has 174 valence electrons. The van der Waals surface area contributed by atoms with Crippen LogP contribution in [0.15, 0.2) is 67.0 Å². The van der Waals surface area contributed by atoms with E-state index in [1.165, 1.54) is 12.1 Å². The predicted octanol–water partition coefficient (Wildman–Crippen LogP) is 5.84. The first-order valence-electron chi connectivity index (χ1n) is 10.2. The Kier molecular flexibility index (Phi) is 7.03. The maximum Gasteiger partial charge on any atom is 0.417 e. The Balaban J connectivity index is 1.91. The van der Waals surface area contributed by atoms with E-state index in [9.17, 15) is 18.0 Å². The number of anilines is 2. The van der Waals surface area contributed by atoms with Crippen molar-refractivity contribution in [1.82, 2.24) is 4.98 Å². The fraction of sp³-hybridized carbons (Fsp3) is 0.200. The Bertz CT molecular complexity index is 1240. The maximum atomic E-state index is 13.4. The lowest BCUT2D eigenvalue weighted by Crippen LogP contribution is -2.55. The largest absolute Gasteiger partial charge is 0.417 e. The molecule has 2 aromatic carbocycles. The number of nitriles is 1. The number of carbonyl (C=O) groups is 1. The highest BCUT2D eigenvalue weighted by Gasteiger charge is 2.38. The lowest BCUT2D eigenvalue weighted by Gasteiger charge is -2.38. The van der Waals surface area contributed by atoms with Gasteiger partial charge in [0.05, 0.1) is 22.7 Å². The fourth-order valence-electron chi connectivity index (χ4n) is 3.41. The summed E-state index contributed by atoms with van der Waals surface area (Å²) in [7, 11) is 1.72. The first-order chi connectivity index (χ1) is 16.0. The average molecular weight is 483 g/mol. The van der Waals surface area contributed by atoms with Crippen LogP contribution in [0, 0.1) is 11.3 Å². The second-order valence-electron chi connectivity index (χ2n) is 8.03. The van der Waals surface area contributed by atoms with Crippen LogP contribution in [-0.2, 0) is 11.0 Å². The zero-order chi connectivity index (χ0) is 25.1. The van der Waals surface area contributed by atoms with Gasteiger partial charge in [-0.2, -0.15) is 18.4 Å². The number of hydrogen-bond acceptors (Lipinski definition) is 5. The summed E-state index contributed by atoms with van der Waals surface area (Å²) in [6.07, 6.45) is -1.32. The van der Waals surface area contributed by atoms with E-state index in [0.29, 0.717) is 0 Å². The van der Waals surface area contributed by atoms with Gasteiger partial charge >= 0.3 is 6.18 Å². The van der Waals surface area contributed by atoms with E-state index < -0.39 is 28.7 Å². The quantitative estimate of drug-likeness (QED) is 0.413. The number of thiocarbonyl (C=S) groups is 1. The Hall–Kier alpha value is -3.77. The number of hydrogen-bond donors (Lipinski definition) is 0. The molecule has 0 bridgehead atoms. The van der Waals surface area contributed by atoms with Crippen LogP contribution >= 0.6 is 12.2 Å². The van der Waals surface area contributed by atoms with Gasteiger partial charge in [0.25, 0.3) is 5.91 Å². The molecular weight excluding hydrogens is 461 g/mol. The molecule has 3 aromatic rings. The molecule has 1 amide bonds. The van der Waals surface area contributed by atoms with Crippen molar-refractivity contribution >= 4 is 35.0 Å². The molecule has 1 aromatic heterocycles. The number of pyridine rings is 1. The van der Waals surface area contributed by atoms with Crippen molar-refractivity contribution < 1.29 is 18.0 Å². The van der Waals surface area contributed by atoms with Gasteiger partial charge in [-0.05, 0) is 61.4 Å². The van der Waals surface area contributed by atoms with Gasteiger partial charge in [0, 0.05) is 30.8 Å². The van der Waals surface area contributed by atoms with Gasteiger partial charge in [0.15, 0.2) is 0 Å². The van der Waals surface area contributed by atoms with Gasteiger partial charge in [-0.15, -0.1) is 0 Å². The molecule has 0 atom stereocenters. The van der Waals surface area contributed by atoms with Crippen molar-refractivity contribution in [1.29, 1.82) is 5.26 Å². The summed E-state index contributed by atoms with van der Waals surface area (Å²) in [5.74, 6) is -0.529. The highest BCUT2D eigenvalue weighted by atomic mass is 32.1. The van der Waals surface area contributed by atoms with Crippen molar-refractivity contribution in [2.45, 2.75) is 25.6 Å². The van der Waals surface area contributed by atoms with Crippen LogP contribution in [0.4, 0.5) is 24.5 Å². The third kappa shape index (κ3) is 4.92. The summed E-state index contributed by atoms with van der Waals surface area (Å²) in [5, 5.41) is 9.03. The molecule has 0 saturated carbocycles. The number of aromatic nitrogens is 1. The average Bonchev–Trinajstić information content (AvgIpc) is 2.84. The number of benzene rings is 2. The number of carbonyl (C=O) groups excluding carboxylic acids is 1. The van der Waals surface area contributed by atoms with E-state index in [1.54, 1.807) is 38.2 Å². The summed E-state index contributed by atoms with van der Waals surface area (Å²) < 4.78 is 40.3. The van der Waals surface area contributed by atoms with Crippen molar-refractivity contribution in [3.63, 3.8) is 0 Å². The number of nitrogens with zero attached hydrogens (tertiary/aromatic N) is 4. The van der Waals surface area contributed by atoms with Crippen LogP contribution < -0.4 is 9.80 Å². The standard InChI is InChI=1S/C25H21F3N4OS/c1-24(2,31(3)20-9-6-17(7-10-20)19-5-4-12-30-15-19)23(33)32(16-34)21-11-8-18(14-29)22(13-21)25(26,27)28/h4-13,15-16H,1-3H3. The van der Waals surface area contributed by atoms with Crippen molar-refractivity contribution in [3.8, 4) is 17.2 Å². The smallest absolute Gasteiger partial charge is 0.361 e. The lowest BCUT2D eigenvalue weighted by molar-refractivity contribution is -0.137. The number of likely N-dealkylation sites (N-methyl/N-ethyl adjacent to an activating group) is 1. The first kappa shape index (κ1) is 24.9. The summed E-state index contributed by atoms with van der Waals surface area (Å²) in [6, 6.07) is 15.9. The maximum absolute atomic E-state index is 13.4. The van der Waals surface area contributed by atoms with E-state index >= 15 is 0 Å². The normalized spacial score (nSPS) is 11.4. The van der Waals surface area contributed by atoms with Crippen LogP contribution in [0.2, 0.25) is 0 Å². The molecule has 0 aliphatic heterocycles. The third-order valence-electron chi connectivity index (χ3n) is 5.64. The van der Waals surface area contributed by atoms with Gasteiger partial charge in [0.1, 0.15) is 5.54 Å². The number of halogens is 3. The molecule has 9 heteroatoms. The Morgan fingerprint density at radius 1 is 1.06 bits per heavy atom. The number of alkyl halides is 3. The van der Waals surface area contributed by atoms with Gasteiger partial charge in [-0.25, -0.2) is 0 Å². The van der Waals surface area contributed by atoms with Crippen LogP contribution in [0.5, 0.6) is 0 Å². The molecule has 5 nitrogen and oxygen atoms in total. The van der Waals surface area contributed by atoms with Crippen molar-refractivity contribution in [3.05, 3.63) is 78.1 Å². The second-order valence-corrected chi connectivity index (χ2v) is 8.24. The van der Waals surface area contributed by atoms with E-state index in [0.717, 1.165) is 39.3 Å². The van der Waals surface area contributed by atoms with E-state index in [2.05, 4.69) is 4.98 Å². The van der Waals surface area contributed by atoms with E-state index in [4.69, 9.17) is 17.5 Å². The van der Waals surface area contributed by atoms with Gasteiger partial charge in [-0.1, -0.05) is 30.4 Å². The molecule has 34 heavy (non-hydrogen) atoms. The SMILES string of the molecule is CN(c1ccc(-c2cccnc2)cc1)C(C)(C)C(=O)N(C=S)c1ccc(C#N)c(C(F)(F)F)c1. The first-order valence-corrected chi connectivity index (χ1v) is 10.6. The predicted molar refractivity (Wildman–Crippen MR) is 129 cm³/mol. The van der Waals surface area contributed by atoms with E-state index in [-0.39, 0.29) is 5.69 Å². The molecule has 0 unspecified atom stereocenters. The van der Waals surface area contributed by atoms with Crippen LogP contribution in [0.3, 0.4) is 0 Å². The minimum absolute atomic E-state index is 0.0697. The minimum atomic E-state index is -4.75. The molecule has 3 rings (SSSR count). The summed E-state index contributed by atoms with van der Waals surface area (Å²) in [6.45, 7) is 3.31. The summed E-state index contributed by atoms with van der Waals surface area (Å²) in [4.78, 5) is 20.3. The molecular formula is C25H21F3N4OS. The fourth-order valence-corrected chi connectivity index (χ4v) is 3.63. The van der Waals surface area contributed by atoms with E-state index in [1.807, 2.05) is 36.4 Å². The molecule has 0 aliphatic rings. The van der Waals surface area contributed by atoms with Crippen LogP contribution in [-0.4, -0.2) is 29.0 Å². The summed E-state index contributed by atoms with van der Waals surface area (Å²) >= 11 is 4.98. The zero-order valence-corrected chi connectivity index (χ0v) is 19.5. The van der Waals surface area contributed by atoms with Crippen molar-refractivity contribution in [2.75, 3.05) is 16.8 Å². The lowest BCUT2D eigenvalue weighted by atomic mass is 9.98. The number of amides is 1. The highest BCUT2D eigenvalue weighted by molar-refractivity contribution is 7.79. The molecule has 0 radical (unpaired) electrons. The topological polar surface area (TPSA) is 60.2 Å². The van der Waals surface area contributed by atoms with Crippen molar-refractivity contribution in [2.24, 2.45) is 0 Å². The van der Waals surface area contributed by atoms with Gasteiger partial charge < -0.3 is 4.90 Å². The Morgan fingerprint density at radius 3 is 2.24 bits per heavy atom. The molecule has 0 aliphatic carbocycles. The third-order valence-corrected chi connectivity index (χ3v) is 5.85. The van der Waals surface area contributed by atoms with Gasteiger partial charge in [0.2, 0.25) is 0 Å². The zero-order valence-electron chi connectivity index (χ0n) is 18.7. The Morgan fingerprint density at radius 2 is 1.71 bits per heavy atom.